The molecule has 0 saturated heterocycles. The first kappa shape index (κ1) is 13.8. The third kappa shape index (κ3) is 2.72. The molecule has 0 radical (unpaired) electrons. The molecule has 0 aliphatic rings. The van der Waals surface area contributed by atoms with Crippen LogP contribution in [-0.4, -0.2) is 6.54 Å². The lowest BCUT2D eigenvalue weighted by atomic mass is 9.79. The fourth-order valence-electron chi connectivity index (χ4n) is 1.73. The zero-order chi connectivity index (χ0) is 13.3. The lowest BCUT2D eigenvalue weighted by Crippen LogP contribution is -2.32. The van der Waals surface area contributed by atoms with E-state index in [9.17, 15) is 13.2 Å². The van der Waals surface area contributed by atoms with Crippen molar-refractivity contribution in [1.82, 2.24) is 0 Å². The Labute approximate surface area is 98.8 Å². The molecule has 5 heteroatoms. The van der Waals surface area contributed by atoms with Crippen LogP contribution in [0.3, 0.4) is 0 Å². The van der Waals surface area contributed by atoms with Crippen LogP contribution in [0.25, 0.3) is 0 Å². The minimum Gasteiger partial charge on any atom is -0.398 e. The molecule has 0 amide bonds. The summed E-state index contributed by atoms with van der Waals surface area (Å²) >= 11 is 0. The number of anilines is 1. The third-order valence-corrected chi connectivity index (χ3v) is 3.26. The molecule has 0 bridgehead atoms. The molecule has 0 aliphatic heterocycles. The Morgan fingerprint density at radius 3 is 2.18 bits per heavy atom. The van der Waals surface area contributed by atoms with Crippen LogP contribution in [0, 0.1) is 0 Å². The van der Waals surface area contributed by atoms with Gasteiger partial charge in [0.2, 0.25) is 0 Å². The van der Waals surface area contributed by atoms with Crippen molar-refractivity contribution in [3.8, 4) is 0 Å². The van der Waals surface area contributed by atoms with Gasteiger partial charge < -0.3 is 11.5 Å². The predicted octanol–water partition coefficient (Wildman–Crippen LogP) is 2.91. The second kappa shape index (κ2) is 4.56. The van der Waals surface area contributed by atoms with Crippen LogP contribution in [0.15, 0.2) is 18.2 Å². The van der Waals surface area contributed by atoms with Crippen LogP contribution < -0.4 is 11.5 Å². The second-order valence-electron chi connectivity index (χ2n) is 4.42. The van der Waals surface area contributed by atoms with E-state index in [1.54, 1.807) is 0 Å². The van der Waals surface area contributed by atoms with E-state index < -0.39 is 11.7 Å². The average molecular weight is 246 g/mol. The molecule has 0 aliphatic carbocycles. The van der Waals surface area contributed by atoms with E-state index in [0.717, 1.165) is 18.6 Å². The summed E-state index contributed by atoms with van der Waals surface area (Å²) in [5.74, 6) is 0. The van der Waals surface area contributed by atoms with Gasteiger partial charge >= 0.3 is 6.18 Å². The number of alkyl halides is 3. The Morgan fingerprint density at radius 1 is 1.24 bits per heavy atom. The second-order valence-corrected chi connectivity index (χ2v) is 4.42. The van der Waals surface area contributed by atoms with Gasteiger partial charge in [0, 0.05) is 17.6 Å². The number of nitrogens with two attached hydrogens (primary N) is 2. The van der Waals surface area contributed by atoms with Crippen LogP contribution >= 0.6 is 0 Å². The quantitative estimate of drug-likeness (QED) is 0.806. The summed E-state index contributed by atoms with van der Waals surface area (Å²) in [6.07, 6.45) is -3.64. The summed E-state index contributed by atoms with van der Waals surface area (Å²) in [7, 11) is 0. The van der Waals surface area contributed by atoms with Crippen LogP contribution in [-0.2, 0) is 11.6 Å². The molecule has 96 valence electrons. The molecule has 1 unspecified atom stereocenters. The maximum absolute atomic E-state index is 12.5. The molecule has 0 saturated carbocycles. The first-order valence-corrected chi connectivity index (χ1v) is 5.42. The van der Waals surface area contributed by atoms with E-state index in [0.29, 0.717) is 12.1 Å². The molecule has 2 nitrogen and oxygen atoms in total. The monoisotopic (exact) mass is 246 g/mol. The van der Waals surface area contributed by atoms with Gasteiger partial charge in [0.05, 0.1) is 5.56 Å². The predicted molar refractivity (Wildman–Crippen MR) is 62.6 cm³/mol. The molecule has 4 N–H and O–H groups in total. The highest BCUT2D eigenvalue weighted by Crippen LogP contribution is 2.36. The first-order chi connectivity index (χ1) is 7.74. The molecule has 1 atom stereocenters. The molecule has 0 aromatic heterocycles. The first-order valence-electron chi connectivity index (χ1n) is 5.42. The Morgan fingerprint density at radius 2 is 1.82 bits per heavy atom. The van der Waals surface area contributed by atoms with Gasteiger partial charge in [-0.1, -0.05) is 19.9 Å². The zero-order valence-corrected chi connectivity index (χ0v) is 9.93. The molecule has 0 spiro atoms. The number of nitrogen functional groups attached to an aromatic ring is 1. The minimum atomic E-state index is -4.36. The minimum absolute atomic E-state index is 0.148. The summed E-state index contributed by atoms with van der Waals surface area (Å²) in [4.78, 5) is 0. The summed E-state index contributed by atoms with van der Waals surface area (Å²) in [6.45, 7) is 4.18. The van der Waals surface area contributed by atoms with Gasteiger partial charge in [-0.3, -0.25) is 0 Å². The van der Waals surface area contributed by atoms with Crippen molar-refractivity contribution in [3.63, 3.8) is 0 Å². The van der Waals surface area contributed by atoms with Crippen LogP contribution in [0.1, 0.15) is 31.4 Å². The van der Waals surface area contributed by atoms with Gasteiger partial charge in [0.15, 0.2) is 0 Å². The van der Waals surface area contributed by atoms with Gasteiger partial charge in [-0.05, 0) is 24.1 Å². The fraction of sp³-hybridized carbons (Fsp3) is 0.500. The van der Waals surface area contributed by atoms with E-state index in [1.807, 2.05) is 13.8 Å². The van der Waals surface area contributed by atoms with Crippen molar-refractivity contribution in [2.45, 2.75) is 31.9 Å². The number of hydrogen-bond acceptors (Lipinski definition) is 2. The maximum atomic E-state index is 12.5. The van der Waals surface area contributed by atoms with Crippen molar-refractivity contribution in [3.05, 3.63) is 29.3 Å². The lowest BCUT2D eigenvalue weighted by molar-refractivity contribution is -0.137. The molecule has 17 heavy (non-hydrogen) atoms. The van der Waals surface area contributed by atoms with Gasteiger partial charge in [0.25, 0.3) is 0 Å². The van der Waals surface area contributed by atoms with Crippen molar-refractivity contribution in [1.29, 1.82) is 0 Å². The van der Waals surface area contributed by atoms with Crippen molar-refractivity contribution < 1.29 is 13.2 Å². The summed E-state index contributed by atoms with van der Waals surface area (Å²) in [6, 6.07) is 3.45. The molecule has 0 heterocycles. The van der Waals surface area contributed by atoms with E-state index >= 15 is 0 Å². The zero-order valence-electron chi connectivity index (χ0n) is 9.93. The Hall–Kier alpha value is -1.23. The Bertz CT molecular complexity index is 395. The fourth-order valence-corrected chi connectivity index (χ4v) is 1.73. The maximum Gasteiger partial charge on any atom is 0.416 e. The third-order valence-electron chi connectivity index (χ3n) is 3.26. The van der Waals surface area contributed by atoms with E-state index in [2.05, 4.69) is 0 Å². The van der Waals surface area contributed by atoms with Gasteiger partial charge in [-0.15, -0.1) is 0 Å². The highest BCUT2D eigenvalue weighted by molar-refractivity contribution is 5.53. The average Bonchev–Trinajstić information content (AvgIpc) is 2.26. The number of benzene rings is 1. The van der Waals surface area contributed by atoms with E-state index in [1.165, 1.54) is 6.07 Å². The van der Waals surface area contributed by atoms with Crippen LogP contribution in [0.2, 0.25) is 0 Å². The Kier molecular flexibility index (Phi) is 3.71. The molecular formula is C12H17F3N2. The standard InChI is InChI=1S/C12H17F3N2/c1-3-11(2,7-16)9-5-4-8(6-10(9)17)12(13,14)15/h4-6H,3,7,16-17H2,1-2H3. The largest absolute Gasteiger partial charge is 0.416 e. The van der Waals surface area contributed by atoms with Crippen molar-refractivity contribution in [2.24, 2.45) is 5.73 Å². The van der Waals surface area contributed by atoms with Crippen LogP contribution in [0.5, 0.6) is 0 Å². The van der Waals surface area contributed by atoms with E-state index in [4.69, 9.17) is 11.5 Å². The number of hydrogen-bond donors (Lipinski definition) is 2. The molecule has 1 rings (SSSR count). The van der Waals surface area contributed by atoms with Crippen molar-refractivity contribution >= 4 is 5.69 Å². The van der Waals surface area contributed by atoms with Gasteiger partial charge in [-0.2, -0.15) is 13.2 Å². The van der Waals surface area contributed by atoms with Gasteiger partial charge in [-0.25, -0.2) is 0 Å². The molecule has 1 aromatic rings. The highest BCUT2D eigenvalue weighted by Gasteiger charge is 2.32. The summed E-state index contributed by atoms with van der Waals surface area (Å²) < 4.78 is 37.4. The molecule has 1 aromatic carbocycles. The lowest BCUT2D eigenvalue weighted by Gasteiger charge is -2.28. The summed E-state index contributed by atoms with van der Waals surface area (Å²) in [5, 5.41) is 0. The number of halogens is 3. The SMILES string of the molecule is CCC(C)(CN)c1ccc(C(F)(F)F)cc1N. The highest BCUT2D eigenvalue weighted by atomic mass is 19.4. The van der Waals surface area contributed by atoms with E-state index in [-0.39, 0.29) is 11.1 Å². The van der Waals surface area contributed by atoms with Gasteiger partial charge in [0.1, 0.15) is 0 Å². The van der Waals surface area contributed by atoms with Crippen molar-refractivity contribution in [2.75, 3.05) is 12.3 Å². The smallest absolute Gasteiger partial charge is 0.398 e. The van der Waals surface area contributed by atoms with Crippen LogP contribution in [0.4, 0.5) is 18.9 Å². The Balaban J connectivity index is 3.23. The topological polar surface area (TPSA) is 52.0 Å². The molecular weight excluding hydrogens is 229 g/mol. The molecule has 0 fully saturated rings. The number of rotatable bonds is 3. The normalized spacial score (nSPS) is 15.6. The summed E-state index contributed by atoms with van der Waals surface area (Å²) in [5.41, 5.74) is 11.1.